The van der Waals surface area contributed by atoms with Gasteiger partial charge in [0.05, 0.1) is 7.11 Å². The lowest BCUT2D eigenvalue weighted by Gasteiger charge is -2.15. The third kappa shape index (κ3) is 5.00. The van der Waals surface area contributed by atoms with Gasteiger partial charge in [0, 0.05) is 17.3 Å². The van der Waals surface area contributed by atoms with Crippen LogP contribution in [0.4, 0.5) is 5.69 Å². The SMILES string of the molecule is COc1cccc(NC(=O)C(Sc2nnc(-c3ccc(C)c(C)c3)o2)c2ccccc2)c1. The van der Waals surface area contributed by atoms with Gasteiger partial charge in [-0.3, -0.25) is 4.79 Å². The number of nitrogens with zero attached hydrogens (tertiary/aromatic N) is 2. The average Bonchev–Trinajstić information content (AvgIpc) is 3.28. The zero-order valence-electron chi connectivity index (χ0n) is 18.0. The van der Waals surface area contributed by atoms with Crippen molar-refractivity contribution in [3.05, 3.63) is 89.5 Å². The molecule has 32 heavy (non-hydrogen) atoms. The molecule has 1 N–H and O–H groups in total. The zero-order valence-corrected chi connectivity index (χ0v) is 18.8. The van der Waals surface area contributed by atoms with E-state index in [4.69, 9.17) is 9.15 Å². The van der Waals surface area contributed by atoms with Crippen molar-refractivity contribution in [1.29, 1.82) is 0 Å². The Morgan fingerprint density at radius 3 is 2.53 bits per heavy atom. The van der Waals surface area contributed by atoms with Crippen LogP contribution >= 0.6 is 11.8 Å². The lowest BCUT2D eigenvalue weighted by molar-refractivity contribution is -0.115. The number of nitrogens with one attached hydrogen (secondary N) is 1. The second-order valence-electron chi connectivity index (χ2n) is 7.30. The third-order valence-electron chi connectivity index (χ3n) is 5.06. The largest absolute Gasteiger partial charge is 0.497 e. The molecule has 3 aromatic carbocycles. The number of hydrogen-bond donors (Lipinski definition) is 1. The summed E-state index contributed by atoms with van der Waals surface area (Å²) in [5.74, 6) is 0.901. The van der Waals surface area contributed by atoms with Gasteiger partial charge in [-0.25, -0.2) is 0 Å². The Kier molecular flexibility index (Phi) is 6.56. The van der Waals surface area contributed by atoms with Crippen LogP contribution in [0.2, 0.25) is 0 Å². The van der Waals surface area contributed by atoms with E-state index in [9.17, 15) is 4.79 Å². The first-order valence-corrected chi connectivity index (χ1v) is 11.0. The first kappa shape index (κ1) is 21.6. The predicted molar refractivity (Wildman–Crippen MR) is 126 cm³/mol. The molecule has 7 heteroatoms. The van der Waals surface area contributed by atoms with Crippen molar-refractivity contribution in [3.8, 4) is 17.2 Å². The van der Waals surface area contributed by atoms with Crippen LogP contribution in [0.15, 0.2) is 82.4 Å². The van der Waals surface area contributed by atoms with E-state index in [1.807, 2.05) is 73.7 Å². The van der Waals surface area contributed by atoms with Gasteiger partial charge in [0.25, 0.3) is 5.22 Å². The maximum Gasteiger partial charge on any atom is 0.277 e. The van der Waals surface area contributed by atoms with Crippen LogP contribution in [0.25, 0.3) is 11.5 Å². The minimum absolute atomic E-state index is 0.194. The molecule has 1 heterocycles. The van der Waals surface area contributed by atoms with E-state index >= 15 is 0 Å². The van der Waals surface area contributed by atoms with Crippen molar-refractivity contribution >= 4 is 23.4 Å². The van der Waals surface area contributed by atoms with E-state index in [0.29, 0.717) is 22.6 Å². The van der Waals surface area contributed by atoms with Crippen molar-refractivity contribution in [2.75, 3.05) is 12.4 Å². The number of carbonyl (C=O) groups excluding carboxylic acids is 1. The van der Waals surface area contributed by atoms with Gasteiger partial charge in [0.15, 0.2) is 0 Å². The Labute approximate surface area is 191 Å². The number of rotatable bonds is 7. The smallest absolute Gasteiger partial charge is 0.277 e. The zero-order chi connectivity index (χ0) is 22.5. The number of amides is 1. The topological polar surface area (TPSA) is 77.2 Å². The Bertz CT molecular complexity index is 1220. The van der Waals surface area contributed by atoms with Gasteiger partial charge < -0.3 is 14.5 Å². The first-order chi connectivity index (χ1) is 15.5. The van der Waals surface area contributed by atoms with Crippen molar-refractivity contribution in [2.24, 2.45) is 0 Å². The molecule has 1 atom stereocenters. The molecule has 0 fully saturated rings. The number of carbonyl (C=O) groups is 1. The standard InChI is InChI=1S/C25H23N3O3S/c1-16-12-13-19(14-17(16)2)24-27-28-25(31-24)32-22(18-8-5-4-6-9-18)23(29)26-20-10-7-11-21(15-20)30-3/h4-15,22H,1-3H3,(H,26,29). The van der Waals surface area contributed by atoms with Crippen molar-refractivity contribution < 1.29 is 13.9 Å². The molecule has 1 amide bonds. The van der Waals surface area contributed by atoms with Crippen LogP contribution < -0.4 is 10.1 Å². The fourth-order valence-electron chi connectivity index (χ4n) is 3.16. The van der Waals surface area contributed by atoms with E-state index < -0.39 is 5.25 Å². The molecule has 4 rings (SSSR count). The molecule has 0 saturated carbocycles. The van der Waals surface area contributed by atoms with Gasteiger partial charge >= 0.3 is 0 Å². The van der Waals surface area contributed by atoms with Gasteiger partial charge in [-0.1, -0.05) is 42.5 Å². The molecule has 0 aliphatic heterocycles. The summed E-state index contributed by atoms with van der Waals surface area (Å²) in [7, 11) is 1.59. The molecule has 1 unspecified atom stereocenters. The molecule has 0 radical (unpaired) electrons. The van der Waals surface area contributed by atoms with E-state index in [2.05, 4.69) is 22.4 Å². The van der Waals surface area contributed by atoms with Crippen LogP contribution in [0, 0.1) is 13.8 Å². The summed E-state index contributed by atoms with van der Waals surface area (Å²) >= 11 is 1.22. The van der Waals surface area contributed by atoms with Crippen LogP contribution in [0.1, 0.15) is 21.9 Å². The van der Waals surface area contributed by atoms with Crippen LogP contribution in [0.3, 0.4) is 0 Å². The highest BCUT2D eigenvalue weighted by atomic mass is 32.2. The van der Waals surface area contributed by atoms with Crippen LogP contribution in [0.5, 0.6) is 5.75 Å². The highest BCUT2D eigenvalue weighted by molar-refractivity contribution is 8.00. The second-order valence-corrected chi connectivity index (χ2v) is 8.36. The highest BCUT2D eigenvalue weighted by Gasteiger charge is 2.25. The Balaban J connectivity index is 1.58. The minimum Gasteiger partial charge on any atom is -0.497 e. The predicted octanol–water partition coefficient (Wildman–Crippen LogP) is 5.83. The van der Waals surface area contributed by atoms with Gasteiger partial charge in [-0.05, 0) is 66.6 Å². The van der Waals surface area contributed by atoms with E-state index in [1.54, 1.807) is 13.2 Å². The summed E-state index contributed by atoms with van der Waals surface area (Å²) in [6.07, 6.45) is 0. The fraction of sp³-hybridized carbons (Fsp3) is 0.160. The number of methoxy groups -OCH3 is 1. The van der Waals surface area contributed by atoms with E-state index in [-0.39, 0.29) is 5.91 Å². The van der Waals surface area contributed by atoms with Crippen molar-refractivity contribution in [3.63, 3.8) is 0 Å². The summed E-state index contributed by atoms with van der Waals surface area (Å²) in [4.78, 5) is 13.2. The number of thioether (sulfide) groups is 1. The molecule has 0 aliphatic carbocycles. The molecular formula is C25H23N3O3S. The van der Waals surface area contributed by atoms with Gasteiger partial charge in [0.2, 0.25) is 11.8 Å². The maximum absolute atomic E-state index is 13.2. The second kappa shape index (κ2) is 9.70. The Hall–Kier alpha value is -3.58. The number of aromatic nitrogens is 2. The summed E-state index contributed by atoms with van der Waals surface area (Å²) in [5.41, 5.74) is 4.68. The van der Waals surface area contributed by atoms with Crippen LogP contribution in [-0.4, -0.2) is 23.2 Å². The highest BCUT2D eigenvalue weighted by Crippen LogP contribution is 2.37. The van der Waals surface area contributed by atoms with E-state index in [0.717, 1.165) is 16.7 Å². The number of ether oxygens (including phenoxy) is 1. The van der Waals surface area contributed by atoms with Crippen molar-refractivity contribution in [2.45, 2.75) is 24.3 Å². The van der Waals surface area contributed by atoms with Crippen molar-refractivity contribution in [1.82, 2.24) is 10.2 Å². The normalized spacial score (nSPS) is 11.7. The van der Waals surface area contributed by atoms with E-state index in [1.165, 1.54) is 17.3 Å². The molecule has 1 aromatic heterocycles. The van der Waals surface area contributed by atoms with Gasteiger partial charge in [0.1, 0.15) is 11.0 Å². The van der Waals surface area contributed by atoms with Gasteiger partial charge in [-0.15, -0.1) is 10.2 Å². The Morgan fingerprint density at radius 2 is 1.78 bits per heavy atom. The van der Waals surface area contributed by atoms with Gasteiger partial charge in [-0.2, -0.15) is 0 Å². The number of benzene rings is 3. The van der Waals surface area contributed by atoms with Crippen LogP contribution in [-0.2, 0) is 4.79 Å². The lowest BCUT2D eigenvalue weighted by atomic mass is 10.1. The molecule has 0 aliphatic rings. The molecule has 0 bridgehead atoms. The number of anilines is 1. The first-order valence-electron chi connectivity index (χ1n) is 10.1. The quantitative estimate of drug-likeness (QED) is 0.361. The summed E-state index contributed by atoms with van der Waals surface area (Å²) < 4.78 is 11.1. The number of hydrogen-bond acceptors (Lipinski definition) is 6. The molecule has 4 aromatic rings. The number of aryl methyl sites for hydroxylation is 2. The Morgan fingerprint density at radius 1 is 0.969 bits per heavy atom. The fourth-order valence-corrected chi connectivity index (χ4v) is 4.03. The maximum atomic E-state index is 13.2. The molecular weight excluding hydrogens is 422 g/mol. The molecule has 0 saturated heterocycles. The molecule has 0 spiro atoms. The summed E-state index contributed by atoms with van der Waals surface area (Å²) in [6, 6.07) is 22.8. The molecule has 6 nitrogen and oxygen atoms in total. The monoisotopic (exact) mass is 445 g/mol. The third-order valence-corrected chi connectivity index (χ3v) is 6.15. The summed E-state index contributed by atoms with van der Waals surface area (Å²) in [6.45, 7) is 4.10. The summed E-state index contributed by atoms with van der Waals surface area (Å²) in [5, 5.41) is 11.1. The minimum atomic E-state index is -0.574. The average molecular weight is 446 g/mol. The lowest BCUT2D eigenvalue weighted by Crippen LogP contribution is -2.19. The molecule has 162 valence electrons.